The van der Waals surface area contributed by atoms with E-state index in [1.165, 1.54) is 12.0 Å². The van der Waals surface area contributed by atoms with Gasteiger partial charge in [0, 0.05) is 6.54 Å². The summed E-state index contributed by atoms with van der Waals surface area (Å²) in [6, 6.07) is 10.5. The molecule has 0 aliphatic heterocycles. The molecule has 0 heterocycles. The molecule has 80 valence electrons. The van der Waals surface area contributed by atoms with Crippen LogP contribution in [0.3, 0.4) is 0 Å². The predicted molar refractivity (Wildman–Crippen MR) is 57.6 cm³/mol. The molecule has 1 rings (SSSR count). The van der Waals surface area contributed by atoms with Gasteiger partial charge in [-0.25, -0.2) is 0 Å². The molecule has 0 aliphatic rings. The van der Waals surface area contributed by atoms with Gasteiger partial charge in [-0.05, 0) is 24.4 Å². The highest BCUT2D eigenvalue weighted by atomic mass is 35.5. The Morgan fingerprint density at radius 2 is 1.79 bits per heavy atom. The van der Waals surface area contributed by atoms with Crippen molar-refractivity contribution in [2.45, 2.75) is 26.8 Å². The third kappa shape index (κ3) is 6.01. The zero-order chi connectivity index (χ0) is 9.52. The SMILES string of the molecule is CC(C)CCNCc1ccccc1.[Cl-]. The van der Waals surface area contributed by atoms with Crippen LogP contribution in [0.2, 0.25) is 0 Å². The van der Waals surface area contributed by atoms with Gasteiger partial charge in [0.2, 0.25) is 0 Å². The molecule has 1 aromatic carbocycles. The van der Waals surface area contributed by atoms with Crippen LogP contribution in [0, 0.1) is 5.92 Å². The lowest BCUT2D eigenvalue weighted by atomic mass is 10.1. The van der Waals surface area contributed by atoms with Crippen molar-refractivity contribution < 1.29 is 12.4 Å². The Labute approximate surface area is 93.3 Å². The second kappa shape index (κ2) is 7.84. The number of rotatable bonds is 5. The third-order valence-corrected chi connectivity index (χ3v) is 2.07. The molecule has 0 unspecified atom stereocenters. The molecule has 0 aromatic heterocycles. The van der Waals surface area contributed by atoms with Crippen LogP contribution in [0.25, 0.3) is 0 Å². The van der Waals surface area contributed by atoms with Gasteiger partial charge in [-0.15, -0.1) is 0 Å². The number of nitrogens with one attached hydrogen (secondary N) is 1. The van der Waals surface area contributed by atoms with Crippen LogP contribution in [0.15, 0.2) is 30.3 Å². The maximum absolute atomic E-state index is 3.43. The molecule has 0 bridgehead atoms. The maximum Gasteiger partial charge on any atom is 0.0205 e. The quantitative estimate of drug-likeness (QED) is 0.669. The summed E-state index contributed by atoms with van der Waals surface area (Å²) in [4.78, 5) is 0. The predicted octanol–water partition coefficient (Wildman–Crippen LogP) is -0.174. The second-order valence-electron chi connectivity index (χ2n) is 3.84. The molecule has 14 heavy (non-hydrogen) atoms. The van der Waals surface area contributed by atoms with Gasteiger partial charge in [-0.3, -0.25) is 0 Å². The molecule has 1 nitrogen and oxygen atoms in total. The largest absolute Gasteiger partial charge is 1.00 e. The summed E-state index contributed by atoms with van der Waals surface area (Å²) < 4.78 is 0. The lowest BCUT2D eigenvalue weighted by Gasteiger charge is -2.06. The zero-order valence-electron chi connectivity index (χ0n) is 8.96. The van der Waals surface area contributed by atoms with E-state index in [2.05, 4.69) is 49.5 Å². The molecule has 0 amide bonds. The minimum Gasteiger partial charge on any atom is -1.00 e. The zero-order valence-corrected chi connectivity index (χ0v) is 9.72. The molecule has 0 radical (unpaired) electrons. The average Bonchev–Trinajstić information content (AvgIpc) is 2.14. The van der Waals surface area contributed by atoms with Crippen LogP contribution in [0.1, 0.15) is 25.8 Å². The van der Waals surface area contributed by atoms with Gasteiger partial charge in [-0.2, -0.15) is 0 Å². The Kier molecular flexibility index (Phi) is 7.54. The van der Waals surface area contributed by atoms with Gasteiger partial charge < -0.3 is 17.7 Å². The molecule has 0 atom stereocenters. The normalized spacial score (nSPS) is 9.93. The fraction of sp³-hybridized carbons (Fsp3) is 0.500. The van der Waals surface area contributed by atoms with E-state index in [0.29, 0.717) is 0 Å². The molecule has 1 N–H and O–H groups in total. The fourth-order valence-electron chi connectivity index (χ4n) is 1.22. The topological polar surface area (TPSA) is 12.0 Å². The Morgan fingerprint density at radius 1 is 1.14 bits per heavy atom. The lowest BCUT2D eigenvalue weighted by Crippen LogP contribution is -3.00. The molecule has 0 spiro atoms. The smallest absolute Gasteiger partial charge is 0.0205 e. The van der Waals surface area contributed by atoms with Crippen molar-refractivity contribution in [1.82, 2.24) is 5.32 Å². The number of hydrogen-bond donors (Lipinski definition) is 1. The summed E-state index contributed by atoms with van der Waals surface area (Å²) in [5.41, 5.74) is 1.37. The van der Waals surface area contributed by atoms with Gasteiger partial charge in [0.25, 0.3) is 0 Å². The molecule has 0 saturated heterocycles. The van der Waals surface area contributed by atoms with Crippen LogP contribution in [0.4, 0.5) is 0 Å². The van der Waals surface area contributed by atoms with Gasteiger partial charge in [0.15, 0.2) is 0 Å². The molecule has 0 saturated carbocycles. The van der Waals surface area contributed by atoms with Crippen LogP contribution in [-0.4, -0.2) is 6.54 Å². The van der Waals surface area contributed by atoms with E-state index >= 15 is 0 Å². The number of halogens is 1. The van der Waals surface area contributed by atoms with E-state index in [0.717, 1.165) is 19.0 Å². The molecule has 1 aromatic rings. The van der Waals surface area contributed by atoms with Crippen LogP contribution in [0.5, 0.6) is 0 Å². The van der Waals surface area contributed by atoms with Gasteiger partial charge >= 0.3 is 0 Å². The summed E-state index contributed by atoms with van der Waals surface area (Å²) in [6.45, 7) is 6.62. The first kappa shape index (κ1) is 13.5. The molecule has 0 aliphatic carbocycles. The van der Waals surface area contributed by atoms with Crippen molar-refractivity contribution in [1.29, 1.82) is 0 Å². The van der Waals surface area contributed by atoms with Crippen molar-refractivity contribution in [3.05, 3.63) is 35.9 Å². The molecule has 0 fully saturated rings. The maximum atomic E-state index is 3.43. The Morgan fingerprint density at radius 3 is 2.36 bits per heavy atom. The van der Waals surface area contributed by atoms with E-state index < -0.39 is 0 Å². The first-order valence-corrected chi connectivity index (χ1v) is 5.03. The van der Waals surface area contributed by atoms with E-state index in [1.807, 2.05) is 0 Å². The van der Waals surface area contributed by atoms with E-state index in [-0.39, 0.29) is 12.4 Å². The van der Waals surface area contributed by atoms with Crippen molar-refractivity contribution >= 4 is 0 Å². The lowest BCUT2D eigenvalue weighted by molar-refractivity contribution is -0.00000297. The summed E-state index contributed by atoms with van der Waals surface area (Å²) in [5.74, 6) is 0.795. The fourth-order valence-corrected chi connectivity index (χ4v) is 1.22. The highest BCUT2D eigenvalue weighted by Crippen LogP contribution is 1.99. The summed E-state index contributed by atoms with van der Waals surface area (Å²) >= 11 is 0. The van der Waals surface area contributed by atoms with E-state index in [4.69, 9.17) is 0 Å². The number of benzene rings is 1. The molecular weight excluding hydrogens is 194 g/mol. The minimum atomic E-state index is 0. The Bertz CT molecular complexity index is 221. The Hall–Kier alpha value is -0.530. The monoisotopic (exact) mass is 212 g/mol. The third-order valence-electron chi connectivity index (χ3n) is 2.07. The number of hydrogen-bond acceptors (Lipinski definition) is 1. The standard InChI is InChI=1S/C12H19N.ClH/c1-11(2)8-9-13-10-12-6-4-3-5-7-12;/h3-7,11,13H,8-10H2,1-2H3;1H/p-1. The van der Waals surface area contributed by atoms with E-state index in [1.54, 1.807) is 0 Å². The first-order valence-electron chi connectivity index (χ1n) is 5.03. The van der Waals surface area contributed by atoms with Crippen LogP contribution in [-0.2, 0) is 6.54 Å². The minimum absolute atomic E-state index is 0. The summed E-state index contributed by atoms with van der Waals surface area (Å²) in [5, 5.41) is 3.43. The molecular formula is C12H19ClN-. The van der Waals surface area contributed by atoms with Crippen molar-refractivity contribution in [3.63, 3.8) is 0 Å². The molecule has 2 heteroatoms. The van der Waals surface area contributed by atoms with Crippen molar-refractivity contribution in [3.8, 4) is 0 Å². The Balaban J connectivity index is 0.00000169. The summed E-state index contributed by atoms with van der Waals surface area (Å²) in [6.07, 6.45) is 1.26. The van der Waals surface area contributed by atoms with Crippen LogP contribution >= 0.6 is 0 Å². The van der Waals surface area contributed by atoms with Gasteiger partial charge in [0.05, 0.1) is 0 Å². The van der Waals surface area contributed by atoms with Crippen LogP contribution < -0.4 is 17.7 Å². The van der Waals surface area contributed by atoms with Gasteiger partial charge in [-0.1, -0.05) is 44.2 Å². The second-order valence-corrected chi connectivity index (χ2v) is 3.84. The van der Waals surface area contributed by atoms with Crippen molar-refractivity contribution in [2.24, 2.45) is 5.92 Å². The van der Waals surface area contributed by atoms with Crippen molar-refractivity contribution in [2.75, 3.05) is 6.54 Å². The highest BCUT2D eigenvalue weighted by molar-refractivity contribution is 5.14. The first-order chi connectivity index (χ1) is 6.29. The highest BCUT2D eigenvalue weighted by Gasteiger charge is 1.93. The average molecular weight is 213 g/mol. The van der Waals surface area contributed by atoms with E-state index in [9.17, 15) is 0 Å². The summed E-state index contributed by atoms with van der Waals surface area (Å²) in [7, 11) is 0. The van der Waals surface area contributed by atoms with Gasteiger partial charge in [0.1, 0.15) is 0 Å².